The molecule has 3 nitrogen and oxygen atoms in total. The summed E-state index contributed by atoms with van der Waals surface area (Å²) < 4.78 is 0. The Bertz CT molecular complexity index is 373. The zero-order valence-electron chi connectivity index (χ0n) is 11.4. The number of carbonyl (C=O) groups excluding carboxylic acids is 1. The van der Waals surface area contributed by atoms with Gasteiger partial charge in [-0.3, -0.25) is 14.8 Å². The summed E-state index contributed by atoms with van der Waals surface area (Å²) in [7, 11) is 1.82. The first kappa shape index (κ1) is 13.6. The number of carbonyl (C=O) groups is 1. The molecule has 1 saturated heterocycles. The third kappa shape index (κ3) is 2.60. The quantitative estimate of drug-likeness (QED) is 0.746. The number of hydrazine groups is 1. The van der Waals surface area contributed by atoms with Gasteiger partial charge < -0.3 is 0 Å². The second-order valence-electron chi connectivity index (χ2n) is 4.61. The molecule has 17 heavy (non-hydrogen) atoms. The maximum atomic E-state index is 11.9. The van der Waals surface area contributed by atoms with Gasteiger partial charge in [-0.1, -0.05) is 32.0 Å². The maximum absolute atomic E-state index is 11.9. The van der Waals surface area contributed by atoms with Gasteiger partial charge in [-0.2, -0.15) is 0 Å². The van der Waals surface area contributed by atoms with Crippen LogP contribution in [0.3, 0.4) is 0 Å². The predicted octanol–water partition coefficient (Wildman–Crippen LogP) is 2.93. The second kappa shape index (κ2) is 5.21. The molecule has 0 aromatic heterocycles. The standard InChI is InChI=1S/C12H16N2O.C2H6/c1-12(2)9-14(13(3)11(12)15)10-7-5-4-6-8-10;1-2/h4-8H,9H2,1-3H3;1-2H3. The van der Waals surface area contributed by atoms with Crippen LogP contribution >= 0.6 is 0 Å². The summed E-state index contributed by atoms with van der Waals surface area (Å²) in [5.74, 6) is 0.173. The third-order valence-corrected chi connectivity index (χ3v) is 2.83. The first-order valence-corrected chi connectivity index (χ1v) is 6.13. The molecule has 0 saturated carbocycles. The second-order valence-corrected chi connectivity index (χ2v) is 4.61. The van der Waals surface area contributed by atoms with Gasteiger partial charge in [0, 0.05) is 7.05 Å². The first-order chi connectivity index (χ1) is 8.02. The Kier molecular flexibility index (Phi) is 4.16. The van der Waals surface area contributed by atoms with Crippen molar-refractivity contribution in [2.75, 3.05) is 18.6 Å². The number of amides is 1. The number of benzene rings is 1. The molecule has 0 bridgehead atoms. The molecule has 1 amide bonds. The molecule has 0 aliphatic carbocycles. The van der Waals surface area contributed by atoms with Crippen molar-refractivity contribution < 1.29 is 4.79 Å². The van der Waals surface area contributed by atoms with Gasteiger partial charge >= 0.3 is 0 Å². The van der Waals surface area contributed by atoms with Crippen LogP contribution in [0.1, 0.15) is 27.7 Å². The van der Waals surface area contributed by atoms with Crippen LogP contribution < -0.4 is 5.01 Å². The van der Waals surface area contributed by atoms with E-state index in [0.29, 0.717) is 0 Å². The monoisotopic (exact) mass is 234 g/mol. The lowest BCUT2D eigenvalue weighted by molar-refractivity contribution is -0.133. The Morgan fingerprint density at radius 2 is 1.65 bits per heavy atom. The van der Waals surface area contributed by atoms with Crippen LogP contribution in [0.4, 0.5) is 5.69 Å². The van der Waals surface area contributed by atoms with E-state index in [-0.39, 0.29) is 11.3 Å². The number of para-hydroxylation sites is 1. The minimum absolute atomic E-state index is 0.173. The Hall–Kier alpha value is -1.51. The van der Waals surface area contributed by atoms with E-state index in [1.54, 1.807) is 5.01 Å². The summed E-state index contributed by atoms with van der Waals surface area (Å²) in [5.41, 5.74) is 0.781. The average Bonchev–Trinajstić information content (AvgIpc) is 2.57. The number of nitrogens with zero attached hydrogens (tertiary/aromatic N) is 2. The van der Waals surface area contributed by atoms with E-state index in [2.05, 4.69) is 0 Å². The Balaban J connectivity index is 0.000000686. The van der Waals surface area contributed by atoms with Crippen molar-refractivity contribution in [1.29, 1.82) is 0 Å². The topological polar surface area (TPSA) is 23.6 Å². The van der Waals surface area contributed by atoms with Crippen molar-refractivity contribution in [3.63, 3.8) is 0 Å². The normalized spacial score (nSPS) is 17.8. The van der Waals surface area contributed by atoms with Crippen LogP contribution in [-0.2, 0) is 4.79 Å². The number of anilines is 1. The summed E-state index contributed by atoms with van der Waals surface area (Å²) in [5, 5.41) is 3.72. The molecule has 1 fully saturated rings. The van der Waals surface area contributed by atoms with Gasteiger partial charge in [0.25, 0.3) is 0 Å². The van der Waals surface area contributed by atoms with Crippen LogP contribution in [-0.4, -0.2) is 24.5 Å². The van der Waals surface area contributed by atoms with Crippen molar-refractivity contribution in [3.8, 4) is 0 Å². The summed E-state index contributed by atoms with van der Waals surface area (Å²) in [6.45, 7) is 8.70. The molecular weight excluding hydrogens is 212 g/mol. The molecule has 1 aliphatic rings. The fraction of sp³-hybridized carbons (Fsp3) is 0.500. The van der Waals surface area contributed by atoms with Gasteiger partial charge in [-0.25, -0.2) is 0 Å². The summed E-state index contributed by atoms with van der Waals surface area (Å²) in [6, 6.07) is 9.99. The highest BCUT2D eigenvalue weighted by Crippen LogP contribution is 2.31. The maximum Gasteiger partial charge on any atom is 0.248 e. The van der Waals surface area contributed by atoms with Gasteiger partial charge in [0.1, 0.15) is 0 Å². The Morgan fingerprint density at radius 3 is 2.06 bits per heavy atom. The summed E-state index contributed by atoms with van der Waals surface area (Å²) in [6.07, 6.45) is 0. The third-order valence-electron chi connectivity index (χ3n) is 2.83. The van der Waals surface area contributed by atoms with Crippen LogP contribution in [0.15, 0.2) is 30.3 Å². The van der Waals surface area contributed by atoms with Crippen molar-refractivity contribution in [1.82, 2.24) is 5.01 Å². The molecular formula is C14H22N2O. The van der Waals surface area contributed by atoms with Crippen molar-refractivity contribution in [2.24, 2.45) is 5.41 Å². The molecule has 1 aromatic carbocycles. The highest BCUT2D eigenvalue weighted by atomic mass is 16.2. The molecule has 1 aliphatic heterocycles. The lowest BCUT2D eigenvalue weighted by atomic mass is 9.94. The van der Waals surface area contributed by atoms with E-state index in [1.165, 1.54) is 0 Å². The summed E-state index contributed by atoms with van der Waals surface area (Å²) >= 11 is 0. The fourth-order valence-electron chi connectivity index (χ4n) is 1.96. The van der Waals surface area contributed by atoms with Crippen LogP contribution in [0.5, 0.6) is 0 Å². The molecule has 0 radical (unpaired) electrons. The minimum Gasteiger partial charge on any atom is -0.282 e. The van der Waals surface area contributed by atoms with Gasteiger partial charge in [-0.05, 0) is 26.0 Å². The highest BCUT2D eigenvalue weighted by Gasteiger charge is 2.42. The van der Waals surface area contributed by atoms with Crippen LogP contribution in [0, 0.1) is 5.41 Å². The largest absolute Gasteiger partial charge is 0.282 e. The number of hydrogen-bond donors (Lipinski definition) is 0. The molecule has 1 heterocycles. The van der Waals surface area contributed by atoms with E-state index in [1.807, 2.05) is 70.1 Å². The number of rotatable bonds is 1. The molecule has 0 N–H and O–H groups in total. The lowest BCUT2D eigenvalue weighted by Gasteiger charge is -2.25. The first-order valence-electron chi connectivity index (χ1n) is 6.13. The zero-order chi connectivity index (χ0) is 13.1. The highest BCUT2D eigenvalue weighted by molar-refractivity contribution is 5.87. The molecule has 94 valence electrons. The zero-order valence-corrected chi connectivity index (χ0v) is 11.4. The molecule has 1 aromatic rings. The van der Waals surface area contributed by atoms with Gasteiger partial charge in [0.05, 0.1) is 17.6 Å². The molecule has 3 heteroatoms. The van der Waals surface area contributed by atoms with Gasteiger partial charge in [-0.15, -0.1) is 0 Å². The van der Waals surface area contributed by atoms with E-state index >= 15 is 0 Å². The van der Waals surface area contributed by atoms with Crippen molar-refractivity contribution in [2.45, 2.75) is 27.7 Å². The van der Waals surface area contributed by atoms with E-state index in [9.17, 15) is 4.79 Å². The van der Waals surface area contributed by atoms with Crippen LogP contribution in [0.25, 0.3) is 0 Å². The number of hydrogen-bond acceptors (Lipinski definition) is 2. The lowest BCUT2D eigenvalue weighted by Crippen LogP contribution is -2.35. The minimum atomic E-state index is -0.287. The molecule has 0 atom stereocenters. The van der Waals surface area contributed by atoms with Gasteiger partial charge in [0.2, 0.25) is 5.91 Å². The average molecular weight is 234 g/mol. The van der Waals surface area contributed by atoms with E-state index in [4.69, 9.17) is 0 Å². The predicted molar refractivity (Wildman–Crippen MR) is 71.7 cm³/mol. The Labute approximate surface area is 104 Å². The van der Waals surface area contributed by atoms with Gasteiger partial charge in [0.15, 0.2) is 0 Å². The molecule has 0 unspecified atom stereocenters. The molecule has 2 rings (SSSR count). The van der Waals surface area contributed by atoms with Crippen LogP contribution in [0.2, 0.25) is 0 Å². The smallest absolute Gasteiger partial charge is 0.248 e. The fourth-order valence-corrected chi connectivity index (χ4v) is 1.96. The van der Waals surface area contributed by atoms with E-state index < -0.39 is 0 Å². The Morgan fingerprint density at radius 1 is 1.12 bits per heavy atom. The molecule has 0 spiro atoms. The SMILES string of the molecule is CC.CN1C(=O)C(C)(C)CN1c1ccccc1. The van der Waals surface area contributed by atoms with E-state index in [0.717, 1.165) is 12.2 Å². The van der Waals surface area contributed by atoms with Crippen molar-refractivity contribution in [3.05, 3.63) is 30.3 Å². The summed E-state index contributed by atoms with van der Waals surface area (Å²) in [4.78, 5) is 11.9. The van der Waals surface area contributed by atoms with Crippen molar-refractivity contribution >= 4 is 11.6 Å².